The van der Waals surface area contributed by atoms with Crippen molar-refractivity contribution in [3.05, 3.63) is 0 Å². The molecule has 5 nitrogen and oxygen atoms in total. The molecule has 0 saturated carbocycles. The summed E-state index contributed by atoms with van der Waals surface area (Å²) in [6.07, 6.45) is 2.31. The molecule has 0 unspecified atom stereocenters. The van der Waals surface area contributed by atoms with E-state index in [0.717, 1.165) is 24.3 Å². The number of hydrogen-bond donors (Lipinski definition) is 2. The average molecular weight is 185 g/mol. The molecule has 6 heteroatoms. The van der Waals surface area contributed by atoms with Crippen LogP contribution in [0.5, 0.6) is 0 Å². The lowest BCUT2D eigenvalue weighted by molar-refractivity contribution is 0.949. The van der Waals surface area contributed by atoms with Gasteiger partial charge in [0.05, 0.1) is 0 Å². The molecule has 0 aliphatic carbocycles. The summed E-state index contributed by atoms with van der Waals surface area (Å²) < 4.78 is 8.46. The first-order chi connectivity index (χ1) is 5.70. The SMILES string of the molecule is N=C1N=C(N)N=S2(=N1)CCCC2. The number of aliphatic imine (C=N–C) groups is 1. The highest BCUT2D eigenvalue weighted by Gasteiger charge is 2.18. The van der Waals surface area contributed by atoms with Crippen LogP contribution in [0, 0.1) is 5.41 Å². The van der Waals surface area contributed by atoms with E-state index in [9.17, 15) is 0 Å². The van der Waals surface area contributed by atoms with E-state index >= 15 is 0 Å². The highest BCUT2D eigenvalue weighted by atomic mass is 32.2. The summed E-state index contributed by atoms with van der Waals surface area (Å²) >= 11 is 0. The molecular formula is C6H11N5S. The summed E-state index contributed by atoms with van der Waals surface area (Å²) in [4.78, 5) is 3.67. The molecule has 0 aromatic rings. The van der Waals surface area contributed by atoms with Gasteiger partial charge in [0, 0.05) is 11.5 Å². The van der Waals surface area contributed by atoms with Gasteiger partial charge in [-0.15, -0.1) is 0 Å². The van der Waals surface area contributed by atoms with Gasteiger partial charge in [-0.2, -0.15) is 13.7 Å². The third-order valence-electron chi connectivity index (χ3n) is 1.93. The molecule has 0 aromatic heterocycles. The Morgan fingerprint density at radius 3 is 2.50 bits per heavy atom. The molecule has 0 bridgehead atoms. The summed E-state index contributed by atoms with van der Waals surface area (Å²) in [6.45, 7) is 0. The van der Waals surface area contributed by atoms with E-state index in [1.54, 1.807) is 0 Å². The molecule has 1 saturated heterocycles. The van der Waals surface area contributed by atoms with Crippen LogP contribution < -0.4 is 5.73 Å². The zero-order valence-corrected chi connectivity index (χ0v) is 7.47. The zero-order valence-electron chi connectivity index (χ0n) is 6.66. The van der Waals surface area contributed by atoms with Crippen molar-refractivity contribution in [2.75, 3.05) is 11.5 Å². The standard InChI is InChI=1S/C6H11N5S/c7-5-9-6(8)11-12(10-5)3-1-2-4-12/h1-4H2,(H3,7,8,9). The van der Waals surface area contributed by atoms with Crippen molar-refractivity contribution in [3.63, 3.8) is 0 Å². The van der Waals surface area contributed by atoms with Crippen molar-refractivity contribution in [2.24, 2.45) is 19.5 Å². The first kappa shape index (κ1) is 7.72. The van der Waals surface area contributed by atoms with Gasteiger partial charge in [0.25, 0.3) is 5.96 Å². The van der Waals surface area contributed by atoms with Gasteiger partial charge in [0.1, 0.15) is 0 Å². The van der Waals surface area contributed by atoms with Crippen LogP contribution in [0.3, 0.4) is 0 Å². The predicted octanol–water partition coefficient (Wildman–Crippen LogP) is 0.564. The highest BCUT2D eigenvalue weighted by Crippen LogP contribution is 2.18. The fraction of sp³-hybridized carbons (Fsp3) is 0.667. The fourth-order valence-electron chi connectivity index (χ4n) is 1.46. The van der Waals surface area contributed by atoms with E-state index in [4.69, 9.17) is 11.1 Å². The second-order valence-electron chi connectivity index (χ2n) is 2.89. The van der Waals surface area contributed by atoms with Gasteiger partial charge in [-0.25, -0.2) is 0 Å². The number of guanidine groups is 2. The zero-order chi connectivity index (χ0) is 8.60. The second kappa shape index (κ2) is 2.55. The Morgan fingerprint density at radius 1 is 1.25 bits per heavy atom. The normalized spacial score (nSPS) is 26.3. The Labute approximate surface area is 71.4 Å². The molecule has 0 amide bonds. The van der Waals surface area contributed by atoms with Crippen molar-refractivity contribution in [1.82, 2.24) is 0 Å². The summed E-state index contributed by atoms with van der Waals surface area (Å²) in [5.74, 6) is 2.28. The van der Waals surface area contributed by atoms with Crippen LogP contribution in [0.2, 0.25) is 0 Å². The van der Waals surface area contributed by atoms with Gasteiger partial charge in [0.2, 0.25) is 5.96 Å². The molecule has 2 aliphatic rings. The van der Waals surface area contributed by atoms with E-state index in [1.807, 2.05) is 0 Å². The molecule has 0 atom stereocenters. The van der Waals surface area contributed by atoms with Gasteiger partial charge in [0.15, 0.2) is 0 Å². The minimum absolute atomic E-state index is 0.0550. The number of nitrogens with two attached hydrogens (primary N) is 1. The molecule has 2 heterocycles. The van der Waals surface area contributed by atoms with E-state index in [0.29, 0.717) is 0 Å². The topological polar surface area (TPSA) is 87.0 Å². The molecule has 66 valence electrons. The summed E-state index contributed by atoms with van der Waals surface area (Å²) in [5, 5.41) is 7.34. The summed E-state index contributed by atoms with van der Waals surface area (Å²) in [7, 11) is -1.29. The van der Waals surface area contributed by atoms with E-state index in [2.05, 4.69) is 13.7 Å². The lowest BCUT2D eigenvalue weighted by Crippen LogP contribution is -2.19. The number of nitrogens with one attached hydrogen (secondary N) is 1. The first-order valence-corrected chi connectivity index (χ1v) is 5.76. The maximum atomic E-state index is 7.34. The molecule has 0 aromatic carbocycles. The van der Waals surface area contributed by atoms with E-state index in [1.165, 1.54) is 0 Å². The minimum atomic E-state index is -1.29. The largest absolute Gasteiger partial charge is 0.367 e. The molecule has 1 fully saturated rings. The van der Waals surface area contributed by atoms with Crippen molar-refractivity contribution >= 4 is 21.5 Å². The van der Waals surface area contributed by atoms with Crippen LogP contribution in [0.15, 0.2) is 13.7 Å². The summed E-state index contributed by atoms with van der Waals surface area (Å²) in [5.41, 5.74) is 5.48. The molecule has 2 rings (SSSR count). The Bertz CT molecular complexity index is 359. The Hall–Kier alpha value is -0.910. The third-order valence-corrected chi connectivity index (χ3v) is 4.86. The van der Waals surface area contributed by atoms with Crippen molar-refractivity contribution in [2.45, 2.75) is 12.8 Å². The molecule has 1 spiro atoms. The Kier molecular flexibility index (Phi) is 1.64. The minimum Gasteiger partial charge on any atom is -0.367 e. The summed E-state index contributed by atoms with van der Waals surface area (Å²) in [6, 6.07) is 0. The lowest BCUT2D eigenvalue weighted by atomic mass is 10.4. The van der Waals surface area contributed by atoms with Crippen LogP contribution >= 0.6 is 0 Å². The monoisotopic (exact) mass is 185 g/mol. The number of hydrogen-bond acceptors (Lipinski definition) is 3. The van der Waals surface area contributed by atoms with Crippen molar-refractivity contribution in [3.8, 4) is 0 Å². The van der Waals surface area contributed by atoms with Crippen molar-refractivity contribution < 1.29 is 0 Å². The highest BCUT2D eigenvalue weighted by molar-refractivity contribution is 7.96. The molecular weight excluding hydrogens is 174 g/mol. The maximum Gasteiger partial charge on any atom is 0.252 e. The van der Waals surface area contributed by atoms with Gasteiger partial charge < -0.3 is 5.73 Å². The lowest BCUT2D eigenvalue weighted by Gasteiger charge is -2.10. The van der Waals surface area contributed by atoms with Crippen LogP contribution in [-0.2, 0) is 9.62 Å². The molecule has 3 N–H and O–H groups in total. The first-order valence-electron chi connectivity index (χ1n) is 3.88. The van der Waals surface area contributed by atoms with Crippen molar-refractivity contribution in [1.29, 1.82) is 5.41 Å². The molecule has 2 aliphatic heterocycles. The van der Waals surface area contributed by atoms with E-state index in [-0.39, 0.29) is 11.9 Å². The van der Waals surface area contributed by atoms with Gasteiger partial charge in [-0.1, -0.05) is 0 Å². The van der Waals surface area contributed by atoms with Crippen LogP contribution in [0.25, 0.3) is 0 Å². The quantitative estimate of drug-likeness (QED) is 0.567. The number of rotatable bonds is 0. The molecule has 12 heavy (non-hydrogen) atoms. The van der Waals surface area contributed by atoms with Gasteiger partial charge >= 0.3 is 0 Å². The Balaban J connectivity index is 2.55. The fourth-order valence-corrected chi connectivity index (χ4v) is 4.15. The van der Waals surface area contributed by atoms with Crippen LogP contribution in [0.1, 0.15) is 12.8 Å². The smallest absolute Gasteiger partial charge is 0.252 e. The second-order valence-corrected chi connectivity index (χ2v) is 5.68. The molecule has 0 radical (unpaired) electrons. The van der Waals surface area contributed by atoms with E-state index < -0.39 is 9.62 Å². The van der Waals surface area contributed by atoms with Gasteiger partial charge in [-0.3, -0.25) is 5.41 Å². The predicted molar refractivity (Wildman–Crippen MR) is 50.5 cm³/mol. The maximum absolute atomic E-state index is 7.34. The van der Waals surface area contributed by atoms with Crippen LogP contribution in [0.4, 0.5) is 0 Å². The van der Waals surface area contributed by atoms with Crippen LogP contribution in [-0.4, -0.2) is 23.4 Å². The van der Waals surface area contributed by atoms with Gasteiger partial charge in [-0.05, 0) is 22.5 Å². The Morgan fingerprint density at radius 2 is 1.92 bits per heavy atom. The average Bonchev–Trinajstić information content (AvgIpc) is 2.33. The third kappa shape index (κ3) is 1.22. The number of nitrogens with zero attached hydrogens (tertiary/aromatic N) is 3.